The molecule has 0 aliphatic heterocycles. The SMILES string of the molecule is CCc1ccc(NC(=O)C(=O)NCC(C)(C)CC(C)O)cc1. The fourth-order valence-corrected chi connectivity index (χ4v) is 2.28. The van der Waals surface area contributed by atoms with Crippen LogP contribution in [0, 0.1) is 5.41 Å². The van der Waals surface area contributed by atoms with E-state index in [1.165, 1.54) is 5.56 Å². The van der Waals surface area contributed by atoms with Gasteiger partial charge in [-0.25, -0.2) is 0 Å². The number of carbonyl (C=O) groups excluding carboxylic acids is 2. The van der Waals surface area contributed by atoms with Crippen molar-refractivity contribution in [3.8, 4) is 0 Å². The van der Waals surface area contributed by atoms with Crippen molar-refractivity contribution in [2.24, 2.45) is 5.41 Å². The molecule has 3 N–H and O–H groups in total. The van der Waals surface area contributed by atoms with Crippen LogP contribution in [-0.2, 0) is 16.0 Å². The van der Waals surface area contributed by atoms with Gasteiger partial charge in [0, 0.05) is 12.2 Å². The summed E-state index contributed by atoms with van der Waals surface area (Å²) in [7, 11) is 0. The van der Waals surface area contributed by atoms with Gasteiger partial charge in [0.1, 0.15) is 0 Å². The lowest BCUT2D eigenvalue weighted by atomic mass is 9.87. The van der Waals surface area contributed by atoms with Crippen LogP contribution in [0.1, 0.15) is 39.7 Å². The molecule has 0 radical (unpaired) electrons. The number of amides is 2. The number of aliphatic hydroxyl groups excluding tert-OH is 1. The van der Waals surface area contributed by atoms with Crippen LogP contribution >= 0.6 is 0 Å². The molecule has 0 aromatic heterocycles. The van der Waals surface area contributed by atoms with Crippen molar-refractivity contribution >= 4 is 17.5 Å². The molecule has 1 atom stereocenters. The van der Waals surface area contributed by atoms with Crippen molar-refractivity contribution in [3.63, 3.8) is 0 Å². The van der Waals surface area contributed by atoms with Crippen LogP contribution < -0.4 is 10.6 Å². The molecule has 1 rings (SSSR count). The van der Waals surface area contributed by atoms with E-state index in [4.69, 9.17) is 0 Å². The Morgan fingerprint density at radius 2 is 1.77 bits per heavy atom. The number of rotatable bonds is 6. The van der Waals surface area contributed by atoms with Gasteiger partial charge < -0.3 is 15.7 Å². The molecule has 0 fully saturated rings. The van der Waals surface area contributed by atoms with E-state index in [2.05, 4.69) is 17.6 Å². The maximum atomic E-state index is 11.8. The largest absolute Gasteiger partial charge is 0.393 e. The lowest BCUT2D eigenvalue weighted by Crippen LogP contribution is -2.41. The molecule has 0 aliphatic carbocycles. The Kier molecular flexibility index (Phi) is 6.56. The number of anilines is 1. The van der Waals surface area contributed by atoms with Crippen molar-refractivity contribution < 1.29 is 14.7 Å². The predicted molar refractivity (Wildman–Crippen MR) is 87.5 cm³/mol. The van der Waals surface area contributed by atoms with Gasteiger partial charge in [0.25, 0.3) is 0 Å². The van der Waals surface area contributed by atoms with Crippen LogP contribution in [0.5, 0.6) is 0 Å². The van der Waals surface area contributed by atoms with E-state index >= 15 is 0 Å². The minimum absolute atomic E-state index is 0.271. The van der Waals surface area contributed by atoms with Crippen molar-refractivity contribution in [1.29, 1.82) is 0 Å². The van der Waals surface area contributed by atoms with Gasteiger partial charge in [-0.2, -0.15) is 0 Å². The van der Waals surface area contributed by atoms with Crippen molar-refractivity contribution in [3.05, 3.63) is 29.8 Å². The first-order chi connectivity index (χ1) is 10.2. The van der Waals surface area contributed by atoms with E-state index in [-0.39, 0.29) is 5.41 Å². The normalized spacial score (nSPS) is 12.6. The summed E-state index contributed by atoms with van der Waals surface area (Å²) in [5.41, 5.74) is 1.50. The van der Waals surface area contributed by atoms with Crippen molar-refractivity contribution in [1.82, 2.24) is 5.32 Å². The number of hydrogen-bond donors (Lipinski definition) is 3. The quantitative estimate of drug-likeness (QED) is 0.704. The third-order valence-corrected chi connectivity index (χ3v) is 3.40. The lowest BCUT2D eigenvalue weighted by molar-refractivity contribution is -0.136. The third kappa shape index (κ3) is 6.26. The average Bonchev–Trinajstić information content (AvgIpc) is 2.44. The van der Waals surface area contributed by atoms with Crippen LogP contribution in [0.25, 0.3) is 0 Å². The van der Waals surface area contributed by atoms with Gasteiger partial charge in [0.05, 0.1) is 6.10 Å². The third-order valence-electron chi connectivity index (χ3n) is 3.40. The van der Waals surface area contributed by atoms with E-state index < -0.39 is 17.9 Å². The number of nitrogens with one attached hydrogen (secondary N) is 2. The lowest BCUT2D eigenvalue weighted by Gasteiger charge is -2.26. The van der Waals surface area contributed by atoms with Crippen LogP contribution in [0.3, 0.4) is 0 Å². The zero-order valence-electron chi connectivity index (χ0n) is 13.8. The topological polar surface area (TPSA) is 78.4 Å². The van der Waals surface area contributed by atoms with Gasteiger partial charge in [-0.15, -0.1) is 0 Å². The summed E-state index contributed by atoms with van der Waals surface area (Å²) in [6.45, 7) is 7.95. The van der Waals surface area contributed by atoms with Crippen LogP contribution in [0.15, 0.2) is 24.3 Å². The first-order valence-corrected chi connectivity index (χ1v) is 7.59. The smallest absolute Gasteiger partial charge is 0.313 e. The fourth-order valence-electron chi connectivity index (χ4n) is 2.28. The molecule has 1 aromatic carbocycles. The van der Waals surface area contributed by atoms with Crippen LogP contribution in [0.2, 0.25) is 0 Å². The second-order valence-electron chi connectivity index (χ2n) is 6.40. The Hall–Kier alpha value is -1.88. The van der Waals surface area contributed by atoms with E-state index in [9.17, 15) is 14.7 Å². The summed E-state index contributed by atoms with van der Waals surface area (Å²) in [5.74, 6) is -1.35. The zero-order chi connectivity index (χ0) is 16.8. The fraction of sp³-hybridized carbons (Fsp3) is 0.529. The second kappa shape index (κ2) is 7.94. The molecule has 0 spiro atoms. The zero-order valence-corrected chi connectivity index (χ0v) is 13.8. The average molecular weight is 306 g/mol. The van der Waals surface area contributed by atoms with Gasteiger partial charge in [0.15, 0.2) is 0 Å². The monoisotopic (exact) mass is 306 g/mol. The maximum Gasteiger partial charge on any atom is 0.313 e. The summed E-state index contributed by atoms with van der Waals surface area (Å²) in [6, 6.07) is 7.39. The molecule has 0 aliphatic rings. The Morgan fingerprint density at radius 1 is 1.18 bits per heavy atom. The predicted octanol–water partition coefficient (Wildman–Crippen LogP) is 2.10. The Balaban J connectivity index is 2.49. The summed E-state index contributed by atoms with van der Waals surface area (Å²) in [4.78, 5) is 23.7. The van der Waals surface area contributed by atoms with Crippen molar-refractivity contribution in [2.45, 2.75) is 46.6 Å². The molecule has 0 saturated heterocycles. The summed E-state index contributed by atoms with van der Waals surface area (Å²) in [6.07, 6.45) is 1.03. The van der Waals surface area contributed by atoms with Gasteiger partial charge in [-0.3, -0.25) is 9.59 Å². The van der Waals surface area contributed by atoms with Gasteiger partial charge in [-0.05, 0) is 42.9 Å². The molecule has 0 saturated carbocycles. The van der Waals surface area contributed by atoms with E-state index in [1.54, 1.807) is 19.1 Å². The van der Waals surface area contributed by atoms with E-state index in [1.807, 2.05) is 26.0 Å². The molecule has 0 bridgehead atoms. The maximum absolute atomic E-state index is 11.8. The molecular formula is C17H26N2O3. The van der Waals surface area contributed by atoms with E-state index in [0.29, 0.717) is 18.7 Å². The Bertz CT molecular complexity index is 507. The highest BCUT2D eigenvalue weighted by atomic mass is 16.3. The Morgan fingerprint density at radius 3 is 2.27 bits per heavy atom. The summed E-state index contributed by atoms with van der Waals surface area (Å²) >= 11 is 0. The van der Waals surface area contributed by atoms with Gasteiger partial charge in [-0.1, -0.05) is 32.9 Å². The first kappa shape index (κ1) is 18.2. The second-order valence-corrected chi connectivity index (χ2v) is 6.40. The molecule has 1 aromatic rings. The first-order valence-electron chi connectivity index (χ1n) is 7.59. The molecule has 22 heavy (non-hydrogen) atoms. The minimum atomic E-state index is -0.683. The highest BCUT2D eigenvalue weighted by Crippen LogP contribution is 2.21. The molecule has 122 valence electrons. The molecular weight excluding hydrogens is 280 g/mol. The highest BCUT2D eigenvalue weighted by Gasteiger charge is 2.23. The number of hydrogen-bond acceptors (Lipinski definition) is 3. The van der Waals surface area contributed by atoms with E-state index in [0.717, 1.165) is 6.42 Å². The molecule has 0 heterocycles. The molecule has 1 unspecified atom stereocenters. The number of carbonyl (C=O) groups is 2. The Labute approximate surface area is 132 Å². The highest BCUT2D eigenvalue weighted by molar-refractivity contribution is 6.39. The summed E-state index contributed by atoms with van der Waals surface area (Å²) in [5, 5.41) is 14.6. The molecule has 5 nitrogen and oxygen atoms in total. The van der Waals surface area contributed by atoms with Gasteiger partial charge in [0.2, 0.25) is 0 Å². The van der Waals surface area contributed by atoms with Gasteiger partial charge >= 0.3 is 11.8 Å². The number of aryl methyl sites for hydroxylation is 1. The number of aliphatic hydroxyl groups is 1. The number of benzene rings is 1. The van der Waals surface area contributed by atoms with Crippen molar-refractivity contribution in [2.75, 3.05) is 11.9 Å². The molecule has 5 heteroatoms. The van der Waals surface area contributed by atoms with Crippen LogP contribution in [-0.4, -0.2) is 29.6 Å². The van der Waals surface area contributed by atoms with Crippen LogP contribution in [0.4, 0.5) is 5.69 Å². The molecule has 2 amide bonds. The minimum Gasteiger partial charge on any atom is -0.393 e. The summed E-state index contributed by atoms with van der Waals surface area (Å²) < 4.78 is 0. The standard InChI is InChI=1S/C17H26N2O3/c1-5-13-6-8-14(9-7-13)19-16(22)15(21)18-11-17(3,4)10-12(2)20/h6-9,12,20H,5,10-11H2,1-4H3,(H,18,21)(H,19,22).